The SMILES string of the molecule is O[C@H](c1ccccn1)C1CCN(Cc2nc(-c3cccs3)no2)CC1. The summed E-state index contributed by atoms with van der Waals surface area (Å²) in [4.78, 5) is 12.1. The number of rotatable bonds is 5. The van der Waals surface area contributed by atoms with Gasteiger partial charge in [0, 0.05) is 6.20 Å². The standard InChI is InChI=1S/C18H20N4O2S/c23-17(14-4-1-2-8-19-14)13-6-9-22(10-7-13)12-16-20-18(21-24-16)15-5-3-11-25-15/h1-5,8,11,13,17,23H,6-7,9-10,12H2/t17-/m0/s1. The van der Waals surface area contributed by atoms with Gasteiger partial charge in [-0.15, -0.1) is 11.3 Å². The van der Waals surface area contributed by atoms with Crippen molar-refractivity contribution in [3.8, 4) is 10.7 Å². The van der Waals surface area contributed by atoms with Crippen molar-refractivity contribution in [2.45, 2.75) is 25.5 Å². The molecule has 3 aromatic heterocycles. The lowest BCUT2D eigenvalue weighted by Gasteiger charge is -2.33. The van der Waals surface area contributed by atoms with E-state index in [-0.39, 0.29) is 5.92 Å². The number of thiophene rings is 1. The van der Waals surface area contributed by atoms with Crippen molar-refractivity contribution in [1.82, 2.24) is 20.0 Å². The topological polar surface area (TPSA) is 75.3 Å². The van der Waals surface area contributed by atoms with Crippen LogP contribution < -0.4 is 0 Å². The van der Waals surface area contributed by atoms with Gasteiger partial charge in [-0.2, -0.15) is 4.98 Å². The van der Waals surface area contributed by atoms with Gasteiger partial charge in [0.05, 0.1) is 23.2 Å². The van der Waals surface area contributed by atoms with Crippen LogP contribution in [-0.4, -0.2) is 38.2 Å². The van der Waals surface area contributed by atoms with E-state index in [4.69, 9.17) is 4.52 Å². The fourth-order valence-electron chi connectivity index (χ4n) is 3.24. The molecule has 3 aromatic rings. The molecule has 7 heteroatoms. The molecule has 0 unspecified atom stereocenters. The fraction of sp³-hybridized carbons (Fsp3) is 0.389. The van der Waals surface area contributed by atoms with Gasteiger partial charge in [-0.3, -0.25) is 9.88 Å². The first-order chi connectivity index (χ1) is 12.3. The highest BCUT2D eigenvalue weighted by atomic mass is 32.1. The van der Waals surface area contributed by atoms with Crippen LogP contribution in [0.15, 0.2) is 46.4 Å². The third-order valence-corrected chi connectivity index (χ3v) is 5.50. The second kappa shape index (κ2) is 7.43. The van der Waals surface area contributed by atoms with E-state index in [1.807, 2.05) is 35.7 Å². The normalized spacial score (nSPS) is 17.6. The maximum absolute atomic E-state index is 10.5. The van der Waals surface area contributed by atoms with Gasteiger partial charge in [-0.25, -0.2) is 0 Å². The molecule has 4 rings (SSSR count). The molecule has 0 radical (unpaired) electrons. The van der Waals surface area contributed by atoms with Crippen LogP contribution in [0.3, 0.4) is 0 Å². The summed E-state index contributed by atoms with van der Waals surface area (Å²) in [5.74, 6) is 1.55. The number of likely N-dealkylation sites (tertiary alicyclic amines) is 1. The number of hydrogen-bond donors (Lipinski definition) is 1. The zero-order valence-corrected chi connectivity index (χ0v) is 14.6. The van der Waals surface area contributed by atoms with Crippen LogP contribution in [-0.2, 0) is 6.54 Å². The quantitative estimate of drug-likeness (QED) is 0.757. The number of aliphatic hydroxyl groups is 1. The van der Waals surface area contributed by atoms with Crippen molar-refractivity contribution < 1.29 is 9.63 Å². The Balaban J connectivity index is 1.32. The molecule has 25 heavy (non-hydrogen) atoms. The van der Waals surface area contributed by atoms with Crippen LogP contribution >= 0.6 is 11.3 Å². The van der Waals surface area contributed by atoms with Crippen molar-refractivity contribution in [3.63, 3.8) is 0 Å². The van der Waals surface area contributed by atoms with E-state index in [1.54, 1.807) is 17.5 Å². The van der Waals surface area contributed by atoms with E-state index < -0.39 is 6.10 Å². The second-order valence-electron chi connectivity index (χ2n) is 6.30. The lowest BCUT2D eigenvalue weighted by Crippen LogP contribution is -2.35. The average molecular weight is 356 g/mol. The van der Waals surface area contributed by atoms with E-state index >= 15 is 0 Å². The molecular formula is C18H20N4O2S. The lowest BCUT2D eigenvalue weighted by molar-refractivity contribution is 0.0511. The highest BCUT2D eigenvalue weighted by Gasteiger charge is 2.27. The third kappa shape index (κ3) is 3.78. The van der Waals surface area contributed by atoms with E-state index in [0.717, 1.165) is 36.5 Å². The lowest BCUT2D eigenvalue weighted by atomic mass is 9.89. The Hall–Kier alpha value is -2.09. The summed E-state index contributed by atoms with van der Waals surface area (Å²) in [6.45, 7) is 2.47. The molecule has 0 saturated carbocycles. The molecule has 130 valence electrons. The number of nitrogens with zero attached hydrogens (tertiary/aromatic N) is 4. The van der Waals surface area contributed by atoms with E-state index in [1.165, 1.54) is 0 Å². The van der Waals surface area contributed by atoms with Crippen LogP contribution in [0.25, 0.3) is 10.7 Å². The predicted octanol–water partition coefficient (Wildman–Crippen LogP) is 3.14. The largest absolute Gasteiger partial charge is 0.387 e. The smallest absolute Gasteiger partial charge is 0.241 e. The maximum Gasteiger partial charge on any atom is 0.241 e. The minimum absolute atomic E-state index is 0.246. The van der Waals surface area contributed by atoms with Gasteiger partial charge < -0.3 is 9.63 Å². The Bertz CT molecular complexity index is 783. The van der Waals surface area contributed by atoms with Crippen LogP contribution in [0, 0.1) is 5.92 Å². The van der Waals surface area contributed by atoms with E-state index in [0.29, 0.717) is 18.3 Å². The summed E-state index contributed by atoms with van der Waals surface area (Å²) < 4.78 is 5.38. The van der Waals surface area contributed by atoms with Gasteiger partial charge in [0.2, 0.25) is 11.7 Å². The zero-order chi connectivity index (χ0) is 17.1. The zero-order valence-electron chi connectivity index (χ0n) is 13.8. The van der Waals surface area contributed by atoms with Gasteiger partial charge in [0.15, 0.2) is 0 Å². The molecule has 0 aromatic carbocycles. The molecular weight excluding hydrogens is 336 g/mol. The van der Waals surface area contributed by atoms with Gasteiger partial charge >= 0.3 is 0 Å². The average Bonchev–Trinajstić information content (AvgIpc) is 3.34. The fourth-order valence-corrected chi connectivity index (χ4v) is 3.88. The van der Waals surface area contributed by atoms with Gasteiger partial charge in [-0.05, 0) is 55.4 Å². The van der Waals surface area contributed by atoms with Crippen molar-refractivity contribution in [1.29, 1.82) is 0 Å². The molecule has 1 aliphatic rings. The van der Waals surface area contributed by atoms with Crippen molar-refractivity contribution >= 4 is 11.3 Å². The monoisotopic (exact) mass is 356 g/mol. The first-order valence-corrected chi connectivity index (χ1v) is 9.35. The third-order valence-electron chi connectivity index (χ3n) is 4.64. The van der Waals surface area contributed by atoms with E-state index in [9.17, 15) is 5.11 Å². The Morgan fingerprint density at radius 3 is 2.84 bits per heavy atom. The molecule has 1 N–H and O–H groups in total. The molecule has 0 amide bonds. The summed E-state index contributed by atoms with van der Waals surface area (Å²) in [5, 5.41) is 16.6. The molecule has 1 atom stereocenters. The molecule has 1 fully saturated rings. The molecule has 1 saturated heterocycles. The van der Waals surface area contributed by atoms with Crippen LogP contribution in [0.5, 0.6) is 0 Å². The summed E-state index contributed by atoms with van der Waals surface area (Å²) in [6.07, 6.45) is 3.11. The maximum atomic E-state index is 10.5. The van der Waals surface area contributed by atoms with Crippen LogP contribution in [0.1, 0.15) is 30.5 Å². The summed E-state index contributed by atoms with van der Waals surface area (Å²) >= 11 is 1.60. The van der Waals surface area contributed by atoms with Gasteiger partial charge in [-0.1, -0.05) is 17.3 Å². The number of hydrogen-bond acceptors (Lipinski definition) is 7. The number of pyridine rings is 1. The molecule has 4 heterocycles. The van der Waals surface area contributed by atoms with Crippen molar-refractivity contribution in [3.05, 3.63) is 53.5 Å². The minimum Gasteiger partial charge on any atom is -0.387 e. The predicted molar refractivity (Wildman–Crippen MR) is 94.8 cm³/mol. The van der Waals surface area contributed by atoms with Gasteiger partial charge in [0.25, 0.3) is 0 Å². The number of piperidine rings is 1. The molecule has 0 spiro atoms. The summed E-state index contributed by atoms with van der Waals surface area (Å²) in [6, 6.07) is 9.65. The van der Waals surface area contributed by atoms with Gasteiger partial charge in [0.1, 0.15) is 0 Å². The molecule has 0 aliphatic carbocycles. The summed E-state index contributed by atoms with van der Waals surface area (Å²) in [5.41, 5.74) is 0.762. The first kappa shape index (κ1) is 16.4. The molecule has 6 nitrogen and oxygen atoms in total. The molecule has 0 bridgehead atoms. The minimum atomic E-state index is -0.489. The number of aromatic nitrogens is 3. The van der Waals surface area contributed by atoms with Crippen LogP contribution in [0.2, 0.25) is 0 Å². The van der Waals surface area contributed by atoms with Crippen LogP contribution in [0.4, 0.5) is 0 Å². The van der Waals surface area contributed by atoms with E-state index in [2.05, 4.69) is 20.0 Å². The Morgan fingerprint density at radius 1 is 1.24 bits per heavy atom. The van der Waals surface area contributed by atoms with Crippen molar-refractivity contribution in [2.24, 2.45) is 5.92 Å². The van der Waals surface area contributed by atoms with Crippen molar-refractivity contribution in [2.75, 3.05) is 13.1 Å². The highest BCUT2D eigenvalue weighted by Crippen LogP contribution is 2.30. The number of aliphatic hydroxyl groups excluding tert-OH is 1. The second-order valence-corrected chi connectivity index (χ2v) is 7.25. The Labute approximate surface area is 150 Å². The Morgan fingerprint density at radius 2 is 2.12 bits per heavy atom. The summed E-state index contributed by atoms with van der Waals surface area (Å²) in [7, 11) is 0. The first-order valence-electron chi connectivity index (χ1n) is 8.47. The Kier molecular flexibility index (Phi) is 4.87. The molecule has 1 aliphatic heterocycles. The highest BCUT2D eigenvalue weighted by molar-refractivity contribution is 7.13.